The first kappa shape index (κ1) is 30.6. The van der Waals surface area contributed by atoms with Crippen LogP contribution in [0.4, 0.5) is 0 Å². The summed E-state index contributed by atoms with van der Waals surface area (Å²) in [5.41, 5.74) is 9.22. The number of fused-ring (bicyclic) bond motifs is 5. The van der Waals surface area contributed by atoms with Gasteiger partial charge in [0.25, 0.3) is 0 Å². The highest BCUT2D eigenvalue weighted by molar-refractivity contribution is 7.85. The molecule has 0 N–H and O–H groups in total. The third kappa shape index (κ3) is 4.45. The number of aromatic nitrogens is 3. The maximum atomic E-state index is 15.8. The number of benzene rings is 6. The second kappa shape index (κ2) is 11.0. The molecule has 0 fully saturated rings. The normalized spacial score (nSPS) is 17.7. The zero-order valence-corrected chi connectivity index (χ0v) is 29.4. The molecule has 242 valence electrons. The van der Waals surface area contributed by atoms with Crippen LogP contribution in [0.2, 0.25) is 0 Å². The molecule has 0 saturated heterocycles. The summed E-state index contributed by atoms with van der Waals surface area (Å²) in [6, 6.07) is 49.7. The number of hydrogen-bond acceptors (Lipinski definition) is 4. The van der Waals surface area contributed by atoms with Crippen LogP contribution in [0.25, 0.3) is 45.3 Å². The van der Waals surface area contributed by atoms with Crippen molar-refractivity contribution >= 4 is 23.1 Å². The summed E-state index contributed by atoms with van der Waals surface area (Å²) in [4.78, 5) is 15.0. The molecule has 2 heterocycles. The van der Waals surface area contributed by atoms with E-state index in [2.05, 4.69) is 76.2 Å². The van der Waals surface area contributed by atoms with Gasteiger partial charge in [-0.25, -0.2) is 15.0 Å². The zero-order chi connectivity index (χ0) is 34.3. The van der Waals surface area contributed by atoms with Gasteiger partial charge in [-0.3, -0.25) is 0 Å². The van der Waals surface area contributed by atoms with Crippen LogP contribution in [0.1, 0.15) is 49.9 Å². The standard InChI is InChI=1S/C45H36N3OP/c1-44(2)35-25-24-31(43-47-41(29-16-8-5-9-17-29)46-42(48-43)30-18-10-6-11-19-30)26-33(35)34-27-40-38(28-37(34)44)45(3,4)36-22-14-15-23-39(36)50(40,49)32-20-12-7-13-21-32/h5-28H,1-4H3. The molecule has 1 atom stereocenters. The first-order valence-electron chi connectivity index (χ1n) is 17.1. The quantitative estimate of drug-likeness (QED) is 0.176. The van der Waals surface area contributed by atoms with Gasteiger partial charge in [-0.05, 0) is 45.5 Å². The summed E-state index contributed by atoms with van der Waals surface area (Å²) in [7, 11) is -3.20. The maximum absolute atomic E-state index is 15.8. The first-order chi connectivity index (χ1) is 24.2. The second-order valence-electron chi connectivity index (χ2n) is 14.4. The lowest BCUT2D eigenvalue weighted by molar-refractivity contribution is 0.585. The van der Waals surface area contributed by atoms with Crippen LogP contribution in [0.3, 0.4) is 0 Å². The molecular formula is C45H36N3OP. The van der Waals surface area contributed by atoms with Crippen molar-refractivity contribution in [1.82, 2.24) is 15.0 Å². The molecule has 1 aliphatic carbocycles. The van der Waals surface area contributed by atoms with Gasteiger partial charge in [0.2, 0.25) is 0 Å². The van der Waals surface area contributed by atoms with Gasteiger partial charge >= 0.3 is 0 Å². The fourth-order valence-corrected chi connectivity index (χ4v) is 11.5. The van der Waals surface area contributed by atoms with Crippen LogP contribution in [0.5, 0.6) is 0 Å². The van der Waals surface area contributed by atoms with Crippen molar-refractivity contribution in [3.63, 3.8) is 0 Å². The molecule has 5 heteroatoms. The zero-order valence-electron chi connectivity index (χ0n) is 28.6. The fourth-order valence-electron chi connectivity index (χ4n) is 8.09. The molecule has 7 aromatic rings. The average Bonchev–Trinajstić information content (AvgIpc) is 3.39. The Morgan fingerprint density at radius 2 is 0.920 bits per heavy atom. The Bertz CT molecular complexity index is 2450. The molecular weight excluding hydrogens is 629 g/mol. The van der Waals surface area contributed by atoms with Crippen LogP contribution in [-0.2, 0) is 15.4 Å². The highest BCUT2D eigenvalue weighted by Crippen LogP contribution is 2.57. The number of rotatable bonds is 4. The molecule has 50 heavy (non-hydrogen) atoms. The van der Waals surface area contributed by atoms with Crippen LogP contribution in [0, 0.1) is 0 Å². The monoisotopic (exact) mass is 665 g/mol. The van der Waals surface area contributed by atoms with Crippen molar-refractivity contribution in [2.24, 2.45) is 0 Å². The highest BCUT2D eigenvalue weighted by atomic mass is 31.2. The van der Waals surface area contributed by atoms with Crippen molar-refractivity contribution in [3.8, 4) is 45.3 Å². The van der Waals surface area contributed by atoms with Gasteiger partial charge in [0.05, 0.1) is 0 Å². The minimum Gasteiger partial charge on any atom is -0.309 e. The van der Waals surface area contributed by atoms with Crippen molar-refractivity contribution in [1.29, 1.82) is 0 Å². The Labute approximate surface area is 293 Å². The van der Waals surface area contributed by atoms with E-state index in [1.54, 1.807) is 0 Å². The highest BCUT2D eigenvalue weighted by Gasteiger charge is 2.47. The minimum atomic E-state index is -3.20. The Balaban J connectivity index is 1.27. The molecule has 1 aromatic heterocycles. The van der Waals surface area contributed by atoms with Gasteiger partial charge in [0.1, 0.15) is 0 Å². The van der Waals surface area contributed by atoms with Gasteiger partial charge in [0, 0.05) is 43.4 Å². The Kier molecular flexibility index (Phi) is 6.75. The van der Waals surface area contributed by atoms with Crippen molar-refractivity contribution < 1.29 is 4.57 Å². The lowest BCUT2D eigenvalue weighted by atomic mass is 9.74. The number of hydrogen-bond donors (Lipinski definition) is 0. The second-order valence-corrected chi connectivity index (χ2v) is 17.1. The fraction of sp³-hybridized carbons (Fsp3) is 0.133. The van der Waals surface area contributed by atoms with Crippen LogP contribution in [0.15, 0.2) is 146 Å². The maximum Gasteiger partial charge on any atom is 0.171 e. The summed E-state index contributed by atoms with van der Waals surface area (Å²) in [6.45, 7) is 9.14. The van der Waals surface area contributed by atoms with E-state index in [9.17, 15) is 0 Å². The topological polar surface area (TPSA) is 55.7 Å². The molecule has 0 saturated carbocycles. The van der Waals surface area contributed by atoms with E-state index < -0.39 is 7.14 Å². The molecule has 6 aromatic carbocycles. The van der Waals surface area contributed by atoms with Crippen LogP contribution in [-0.4, -0.2) is 15.0 Å². The minimum absolute atomic E-state index is 0.258. The van der Waals surface area contributed by atoms with E-state index >= 15 is 4.57 Å². The molecule has 9 rings (SSSR count). The average molecular weight is 666 g/mol. The summed E-state index contributed by atoms with van der Waals surface area (Å²) in [5.74, 6) is 1.89. The van der Waals surface area contributed by atoms with Gasteiger partial charge in [-0.1, -0.05) is 161 Å². The first-order valence-corrected chi connectivity index (χ1v) is 18.9. The van der Waals surface area contributed by atoms with Crippen LogP contribution >= 0.6 is 7.14 Å². The van der Waals surface area contributed by atoms with E-state index in [1.165, 1.54) is 11.1 Å². The molecule has 0 bridgehead atoms. The number of nitrogens with zero attached hydrogens (tertiary/aromatic N) is 3. The molecule has 0 spiro atoms. The predicted octanol–water partition coefficient (Wildman–Crippen LogP) is 9.46. The third-order valence-electron chi connectivity index (χ3n) is 10.8. The summed E-state index contributed by atoms with van der Waals surface area (Å²) >= 11 is 0. The molecule has 2 aliphatic rings. The van der Waals surface area contributed by atoms with E-state index in [0.717, 1.165) is 54.9 Å². The molecule has 0 amide bonds. The van der Waals surface area contributed by atoms with E-state index in [1.807, 2.05) is 97.1 Å². The molecule has 1 unspecified atom stereocenters. The Hall–Kier alpha value is -5.44. The van der Waals surface area contributed by atoms with Crippen molar-refractivity contribution in [2.75, 3.05) is 0 Å². The van der Waals surface area contributed by atoms with Gasteiger partial charge < -0.3 is 4.57 Å². The lowest BCUT2D eigenvalue weighted by Gasteiger charge is -2.40. The van der Waals surface area contributed by atoms with E-state index in [-0.39, 0.29) is 10.8 Å². The summed E-state index contributed by atoms with van der Waals surface area (Å²) in [5, 5.41) is 2.72. The molecule has 1 aliphatic heterocycles. The largest absolute Gasteiger partial charge is 0.309 e. The summed E-state index contributed by atoms with van der Waals surface area (Å²) in [6.07, 6.45) is 0. The Morgan fingerprint density at radius 1 is 0.420 bits per heavy atom. The van der Waals surface area contributed by atoms with Crippen molar-refractivity contribution in [2.45, 2.75) is 38.5 Å². The molecule has 0 radical (unpaired) electrons. The predicted molar refractivity (Wildman–Crippen MR) is 205 cm³/mol. The van der Waals surface area contributed by atoms with Gasteiger partial charge in [0.15, 0.2) is 24.6 Å². The van der Waals surface area contributed by atoms with Crippen LogP contribution < -0.4 is 15.9 Å². The lowest BCUT2D eigenvalue weighted by Crippen LogP contribution is -2.42. The van der Waals surface area contributed by atoms with Gasteiger partial charge in [-0.2, -0.15) is 0 Å². The smallest absolute Gasteiger partial charge is 0.171 e. The van der Waals surface area contributed by atoms with Gasteiger partial charge in [-0.15, -0.1) is 0 Å². The summed E-state index contributed by atoms with van der Waals surface area (Å²) < 4.78 is 15.8. The molecule has 4 nitrogen and oxygen atoms in total. The van der Waals surface area contributed by atoms with Crippen molar-refractivity contribution in [3.05, 3.63) is 168 Å². The van der Waals surface area contributed by atoms with E-state index in [0.29, 0.717) is 17.5 Å². The Morgan fingerprint density at radius 3 is 1.54 bits per heavy atom. The van der Waals surface area contributed by atoms with E-state index in [4.69, 9.17) is 15.0 Å². The SMILES string of the molecule is CC1(C)c2ccc(-c3nc(-c4ccccc4)nc(-c4ccccc4)n3)cc2-c2cc3c(cc21)C(C)(C)c1ccccc1P3(=O)c1ccccc1. The third-order valence-corrected chi connectivity index (χ3v) is 13.9.